The first-order valence-electron chi connectivity index (χ1n) is 7.00. The van der Waals surface area contributed by atoms with Crippen LogP contribution >= 0.6 is 0 Å². The number of phenols is 2. The Balaban J connectivity index is 2.44. The van der Waals surface area contributed by atoms with Gasteiger partial charge < -0.3 is 15.0 Å². The van der Waals surface area contributed by atoms with E-state index < -0.39 is 0 Å². The molecule has 0 aliphatic carbocycles. The zero-order valence-corrected chi connectivity index (χ0v) is 12.3. The molecule has 2 N–H and O–H groups in total. The van der Waals surface area contributed by atoms with Crippen LogP contribution in [0.1, 0.15) is 37.8 Å². The SMILES string of the molecule is CC(=O)CCC(C)(c1ccc(O)cc1)c1ccc(O)cc1. The maximum absolute atomic E-state index is 11.4. The predicted molar refractivity (Wildman–Crippen MR) is 82.6 cm³/mol. The molecule has 3 nitrogen and oxygen atoms in total. The quantitative estimate of drug-likeness (QED) is 0.878. The minimum atomic E-state index is -0.340. The molecule has 0 saturated carbocycles. The molecule has 0 aliphatic heterocycles. The van der Waals surface area contributed by atoms with E-state index in [1.807, 2.05) is 24.3 Å². The standard InChI is InChI=1S/C18H20O3/c1-13(19)11-12-18(2,14-3-7-16(20)8-4-14)15-5-9-17(21)10-6-15/h3-10,20-21H,11-12H2,1-2H3. The maximum Gasteiger partial charge on any atom is 0.129 e. The fraction of sp³-hybridized carbons (Fsp3) is 0.278. The van der Waals surface area contributed by atoms with E-state index in [4.69, 9.17) is 0 Å². The molecule has 0 heterocycles. The van der Waals surface area contributed by atoms with E-state index in [9.17, 15) is 15.0 Å². The van der Waals surface area contributed by atoms with Gasteiger partial charge in [0.15, 0.2) is 0 Å². The molecule has 2 rings (SSSR count). The Bertz CT molecular complexity index is 566. The zero-order chi connectivity index (χ0) is 15.5. The van der Waals surface area contributed by atoms with E-state index in [0.717, 1.165) is 11.1 Å². The van der Waals surface area contributed by atoms with Gasteiger partial charge in [0, 0.05) is 11.8 Å². The van der Waals surface area contributed by atoms with Gasteiger partial charge in [-0.1, -0.05) is 31.2 Å². The minimum Gasteiger partial charge on any atom is -0.508 e. The molecular weight excluding hydrogens is 264 g/mol. The van der Waals surface area contributed by atoms with Crippen molar-refractivity contribution in [3.63, 3.8) is 0 Å². The molecular formula is C18H20O3. The van der Waals surface area contributed by atoms with E-state index in [1.165, 1.54) is 0 Å². The second kappa shape index (κ2) is 6.00. The number of benzene rings is 2. The summed E-state index contributed by atoms with van der Waals surface area (Å²) >= 11 is 0. The Morgan fingerprint density at radius 2 is 1.29 bits per heavy atom. The van der Waals surface area contributed by atoms with Crippen LogP contribution < -0.4 is 0 Å². The molecule has 0 saturated heterocycles. The number of hydrogen-bond acceptors (Lipinski definition) is 3. The van der Waals surface area contributed by atoms with E-state index in [-0.39, 0.29) is 22.7 Å². The normalized spacial score (nSPS) is 11.3. The summed E-state index contributed by atoms with van der Waals surface area (Å²) < 4.78 is 0. The third kappa shape index (κ3) is 3.43. The molecule has 0 atom stereocenters. The highest BCUT2D eigenvalue weighted by Gasteiger charge is 2.29. The van der Waals surface area contributed by atoms with Gasteiger partial charge in [0.1, 0.15) is 17.3 Å². The van der Waals surface area contributed by atoms with Crippen molar-refractivity contribution in [1.29, 1.82) is 0 Å². The summed E-state index contributed by atoms with van der Waals surface area (Å²) in [6.07, 6.45) is 1.16. The Labute approximate surface area is 124 Å². The Morgan fingerprint density at radius 1 is 0.905 bits per heavy atom. The van der Waals surface area contributed by atoms with Crippen LogP contribution in [0.4, 0.5) is 0 Å². The number of ketones is 1. The number of carbonyl (C=O) groups is 1. The van der Waals surface area contributed by atoms with Crippen LogP contribution in [0.3, 0.4) is 0 Å². The van der Waals surface area contributed by atoms with Gasteiger partial charge in [-0.15, -0.1) is 0 Å². The van der Waals surface area contributed by atoms with Gasteiger partial charge >= 0.3 is 0 Å². The third-order valence-corrected chi connectivity index (χ3v) is 3.99. The smallest absolute Gasteiger partial charge is 0.129 e. The van der Waals surface area contributed by atoms with E-state index in [0.29, 0.717) is 12.8 Å². The van der Waals surface area contributed by atoms with Crippen molar-refractivity contribution in [2.24, 2.45) is 0 Å². The highest BCUT2D eigenvalue weighted by molar-refractivity contribution is 5.75. The molecule has 0 radical (unpaired) electrons. The summed E-state index contributed by atoms with van der Waals surface area (Å²) in [6, 6.07) is 14.1. The summed E-state index contributed by atoms with van der Waals surface area (Å²) in [4.78, 5) is 11.4. The van der Waals surface area contributed by atoms with E-state index in [2.05, 4.69) is 6.92 Å². The third-order valence-electron chi connectivity index (χ3n) is 3.99. The van der Waals surface area contributed by atoms with Crippen molar-refractivity contribution < 1.29 is 15.0 Å². The molecule has 0 aromatic heterocycles. The lowest BCUT2D eigenvalue weighted by Gasteiger charge is -2.31. The average Bonchev–Trinajstić information content (AvgIpc) is 2.46. The summed E-state index contributed by atoms with van der Waals surface area (Å²) in [5, 5.41) is 18.9. The molecule has 2 aromatic carbocycles. The van der Waals surface area contributed by atoms with Crippen molar-refractivity contribution in [3.05, 3.63) is 59.7 Å². The lowest BCUT2D eigenvalue weighted by molar-refractivity contribution is -0.117. The van der Waals surface area contributed by atoms with Crippen LogP contribution in [0.15, 0.2) is 48.5 Å². The van der Waals surface area contributed by atoms with Crippen molar-refractivity contribution in [1.82, 2.24) is 0 Å². The predicted octanol–water partition coefficient (Wildman–Crippen LogP) is 3.77. The number of phenolic OH excluding ortho intramolecular Hbond substituents is 2. The van der Waals surface area contributed by atoms with Crippen molar-refractivity contribution in [2.45, 2.75) is 32.1 Å². The van der Waals surface area contributed by atoms with Crippen molar-refractivity contribution in [2.75, 3.05) is 0 Å². The summed E-state index contributed by atoms with van der Waals surface area (Å²) in [7, 11) is 0. The van der Waals surface area contributed by atoms with Gasteiger partial charge in [-0.3, -0.25) is 0 Å². The van der Waals surface area contributed by atoms with Gasteiger partial charge in [-0.25, -0.2) is 0 Å². The number of Topliss-reactive ketones (excluding diaryl/α,β-unsaturated/α-hetero) is 1. The number of hydrogen-bond donors (Lipinski definition) is 2. The Morgan fingerprint density at radius 3 is 1.62 bits per heavy atom. The van der Waals surface area contributed by atoms with E-state index >= 15 is 0 Å². The molecule has 0 spiro atoms. The summed E-state index contributed by atoms with van der Waals surface area (Å²) in [5.74, 6) is 0.593. The topological polar surface area (TPSA) is 57.5 Å². The maximum atomic E-state index is 11.4. The van der Waals surface area contributed by atoms with Crippen molar-refractivity contribution >= 4 is 5.78 Å². The largest absolute Gasteiger partial charge is 0.508 e. The molecule has 110 valence electrons. The number of carbonyl (C=O) groups excluding carboxylic acids is 1. The van der Waals surface area contributed by atoms with Crippen molar-refractivity contribution in [3.8, 4) is 11.5 Å². The summed E-state index contributed by atoms with van der Waals surface area (Å²) in [6.45, 7) is 3.67. The first-order valence-corrected chi connectivity index (χ1v) is 7.00. The highest BCUT2D eigenvalue weighted by atomic mass is 16.3. The monoisotopic (exact) mass is 284 g/mol. The second-order valence-electron chi connectivity index (χ2n) is 5.63. The van der Waals surface area contributed by atoms with Crippen LogP contribution in [-0.4, -0.2) is 16.0 Å². The van der Waals surface area contributed by atoms with E-state index in [1.54, 1.807) is 31.2 Å². The van der Waals surface area contributed by atoms with Crippen LogP contribution in [0, 0.1) is 0 Å². The molecule has 0 fully saturated rings. The molecule has 0 aliphatic rings. The van der Waals surface area contributed by atoms with Gasteiger partial charge in [0.2, 0.25) is 0 Å². The average molecular weight is 284 g/mol. The molecule has 3 heteroatoms. The highest BCUT2D eigenvalue weighted by Crippen LogP contribution is 2.37. The molecule has 0 bridgehead atoms. The molecule has 2 aromatic rings. The second-order valence-corrected chi connectivity index (χ2v) is 5.63. The zero-order valence-electron chi connectivity index (χ0n) is 12.3. The van der Waals surface area contributed by atoms with Gasteiger partial charge in [0.25, 0.3) is 0 Å². The first-order chi connectivity index (χ1) is 9.91. The molecule has 0 amide bonds. The summed E-state index contributed by atoms with van der Waals surface area (Å²) in [5.41, 5.74) is 1.73. The fourth-order valence-corrected chi connectivity index (χ4v) is 2.54. The van der Waals surface area contributed by atoms with Crippen LogP contribution in [0.25, 0.3) is 0 Å². The van der Waals surface area contributed by atoms with Gasteiger partial charge in [-0.2, -0.15) is 0 Å². The molecule has 0 unspecified atom stereocenters. The van der Waals surface area contributed by atoms with Gasteiger partial charge in [-0.05, 0) is 48.7 Å². The molecule has 21 heavy (non-hydrogen) atoms. The first kappa shape index (κ1) is 15.1. The van der Waals surface area contributed by atoms with Crippen LogP contribution in [-0.2, 0) is 10.2 Å². The number of aromatic hydroxyl groups is 2. The van der Waals surface area contributed by atoms with Crippen LogP contribution in [0.5, 0.6) is 11.5 Å². The minimum absolute atomic E-state index is 0.152. The number of rotatable bonds is 5. The van der Waals surface area contributed by atoms with Gasteiger partial charge in [0.05, 0.1) is 0 Å². The fourth-order valence-electron chi connectivity index (χ4n) is 2.54. The van der Waals surface area contributed by atoms with Crippen LogP contribution in [0.2, 0.25) is 0 Å². The lowest BCUT2D eigenvalue weighted by Crippen LogP contribution is -2.24. The Hall–Kier alpha value is -2.29. The Kier molecular flexibility index (Phi) is 4.32. The lowest BCUT2D eigenvalue weighted by atomic mass is 9.72.